The van der Waals surface area contributed by atoms with Crippen LogP contribution in [0.1, 0.15) is 176 Å². The fourth-order valence-corrected chi connectivity index (χ4v) is 6.73. The number of esters is 2. The molecule has 0 bridgehead atoms. The molecule has 8 nitrogen and oxygen atoms in total. The first-order valence-electron chi connectivity index (χ1n) is 20.0. The summed E-state index contributed by atoms with van der Waals surface area (Å²) in [5.74, 6) is 0.170. The summed E-state index contributed by atoms with van der Waals surface area (Å²) < 4.78 is 11.3. The number of nitrogens with one attached hydrogen (secondary N) is 1. The molecule has 1 amide bonds. The molecule has 0 radical (unpaired) electrons. The number of amides is 1. The van der Waals surface area contributed by atoms with Gasteiger partial charge in [-0.25, -0.2) is 0 Å². The van der Waals surface area contributed by atoms with Crippen LogP contribution in [0.15, 0.2) is 0 Å². The zero-order chi connectivity index (χ0) is 35.7. The smallest absolute Gasteiger partial charge is 0.306 e. The fourth-order valence-electron chi connectivity index (χ4n) is 5.76. The second-order valence-electron chi connectivity index (χ2n) is 13.7. The van der Waals surface area contributed by atoms with E-state index >= 15 is 0 Å². The highest BCUT2D eigenvalue weighted by Gasteiger charge is 2.20. The lowest BCUT2D eigenvalue weighted by Crippen LogP contribution is -2.46. The maximum Gasteiger partial charge on any atom is 0.306 e. The Morgan fingerprint density at radius 3 is 1.65 bits per heavy atom. The zero-order valence-electron chi connectivity index (χ0n) is 32.0. The highest BCUT2D eigenvalue weighted by Crippen LogP contribution is 2.15. The molecule has 0 aromatic rings. The van der Waals surface area contributed by atoms with Crippen LogP contribution in [0, 0.1) is 0 Å². The van der Waals surface area contributed by atoms with Crippen LogP contribution in [0.4, 0.5) is 0 Å². The van der Waals surface area contributed by atoms with Crippen LogP contribution >= 0.6 is 11.8 Å². The fraction of sp³-hybridized carbons (Fsp3) is 0.923. The van der Waals surface area contributed by atoms with Crippen molar-refractivity contribution in [3.05, 3.63) is 0 Å². The number of ether oxygens (including phenoxy) is 2. The van der Waals surface area contributed by atoms with Gasteiger partial charge in [-0.05, 0) is 52.2 Å². The standard InChI is InChI=1S/C39H77N3O5S/c1-6-10-12-14-16-18-20-22-24-28-37(43)46-31-35(47-38(44)29-25-23-21-19-17-15-13-11-7-2)32-48-33-36(40)39(45)41-34(5)27-26-30-42(8-3)9-4/h34-36H,6-33,40H2,1-5H3,(H,41,45)/t34?,35?,36-/m0/s1. The Labute approximate surface area is 300 Å². The highest BCUT2D eigenvalue weighted by molar-refractivity contribution is 7.99. The van der Waals surface area contributed by atoms with Crippen molar-refractivity contribution in [1.82, 2.24) is 10.2 Å². The molecule has 0 aromatic heterocycles. The number of rotatable bonds is 35. The van der Waals surface area contributed by atoms with E-state index in [4.69, 9.17) is 15.2 Å². The molecule has 9 heteroatoms. The van der Waals surface area contributed by atoms with Gasteiger partial charge in [0.1, 0.15) is 12.7 Å². The van der Waals surface area contributed by atoms with Crippen molar-refractivity contribution in [2.24, 2.45) is 5.73 Å². The van der Waals surface area contributed by atoms with Crippen molar-refractivity contribution < 1.29 is 23.9 Å². The molecule has 0 spiro atoms. The molecule has 2 unspecified atom stereocenters. The van der Waals surface area contributed by atoms with Crippen LogP contribution in [-0.2, 0) is 23.9 Å². The van der Waals surface area contributed by atoms with Crippen LogP contribution in [-0.4, -0.2) is 78.7 Å². The normalized spacial score (nSPS) is 13.3. The molecule has 0 aliphatic carbocycles. The second-order valence-corrected chi connectivity index (χ2v) is 14.7. The lowest BCUT2D eigenvalue weighted by Gasteiger charge is -2.21. The van der Waals surface area contributed by atoms with Gasteiger partial charge in [-0.1, -0.05) is 130 Å². The minimum Gasteiger partial charge on any atom is -0.462 e. The monoisotopic (exact) mass is 700 g/mol. The van der Waals surface area contributed by atoms with Crippen LogP contribution in [0.2, 0.25) is 0 Å². The van der Waals surface area contributed by atoms with E-state index in [9.17, 15) is 14.4 Å². The Hall–Kier alpha value is -1.32. The van der Waals surface area contributed by atoms with Gasteiger partial charge >= 0.3 is 11.9 Å². The molecule has 0 rings (SSSR count). The van der Waals surface area contributed by atoms with Gasteiger partial charge in [0.15, 0.2) is 0 Å². The van der Waals surface area contributed by atoms with E-state index in [0.717, 1.165) is 71.0 Å². The number of nitrogens with zero attached hydrogens (tertiary/aromatic N) is 1. The van der Waals surface area contributed by atoms with Crippen LogP contribution in [0.25, 0.3) is 0 Å². The predicted octanol–water partition coefficient (Wildman–Crippen LogP) is 8.97. The Morgan fingerprint density at radius 1 is 0.667 bits per heavy atom. The summed E-state index contributed by atoms with van der Waals surface area (Å²) in [5.41, 5.74) is 6.22. The van der Waals surface area contributed by atoms with Gasteiger partial charge in [0.2, 0.25) is 5.91 Å². The quantitative estimate of drug-likeness (QED) is 0.0498. The number of carbonyl (C=O) groups excluding carboxylic acids is 3. The van der Waals surface area contributed by atoms with E-state index in [1.807, 2.05) is 6.92 Å². The summed E-state index contributed by atoms with van der Waals surface area (Å²) in [6.45, 7) is 14.0. The van der Waals surface area contributed by atoms with Crippen molar-refractivity contribution in [2.75, 3.05) is 37.7 Å². The van der Waals surface area contributed by atoms with E-state index in [2.05, 4.69) is 37.9 Å². The van der Waals surface area contributed by atoms with Gasteiger partial charge in [-0.15, -0.1) is 0 Å². The van der Waals surface area contributed by atoms with Crippen molar-refractivity contribution in [1.29, 1.82) is 0 Å². The SMILES string of the molecule is CCCCCCCCCCCC(=O)OCC(CSC[C@H](N)C(=O)NC(C)CCCN(CC)CC)OC(=O)CCCCCCCCCCC. The van der Waals surface area contributed by atoms with Crippen molar-refractivity contribution in [2.45, 2.75) is 194 Å². The molecule has 0 aliphatic heterocycles. The molecule has 0 heterocycles. The molecule has 0 aliphatic rings. The Balaban J connectivity index is 4.59. The summed E-state index contributed by atoms with van der Waals surface area (Å²) in [7, 11) is 0. The Kier molecular flexibility index (Phi) is 33.2. The maximum absolute atomic E-state index is 12.7. The van der Waals surface area contributed by atoms with E-state index < -0.39 is 12.1 Å². The van der Waals surface area contributed by atoms with E-state index in [1.165, 1.54) is 88.8 Å². The van der Waals surface area contributed by atoms with Crippen molar-refractivity contribution in [3.8, 4) is 0 Å². The topological polar surface area (TPSA) is 111 Å². The first kappa shape index (κ1) is 46.7. The third kappa shape index (κ3) is 29.6. The van der Waals surface area contributed by atoms with E-state index in [0.29, 0.717) is 24.3 Å². The highest BCUT2D eigenvalue weighted by atomic mass is 32.2. The summed E-state index contributed by atoms with van der Waals surface area (Å²) in [6, 6.07) is -0.600. The Bertz CT molecular complexity index is 768. The number of carbonyl (C=O) groups is 3. The van der Waals surface area contributed by atoms with Crippen molar-refractivity contribution in [3.63, 3.8) is 0 Å². The lowest BCUT2D eigenvalue weighted by atomic mass is 10.1. The first-order chi connectivity index (χ1) is 23.3. The third-order valence-corrected chi connectivity index (χ3v) is 10.2. The average molecular weight is 700 g/mol. The summed E-state index contributed by atoms with van der Waals surface area (Å²) >= 11 is 1.46. The minimum absolute atomic E-state index is 0.0395. The van der Waals surface area contributed by atoms with Gasteiger partial charge in [-0.3, -0.25) is 14.4 Å². The summed E-state index contributed by atoms with van der Waals surface area (Å²) in [4.78, 5) is 40.2. The molecule has 0 aromatic carbocycles. The summed E-state index contributed by atoms with van der Waals surface area (Å²) in [6.07, 6.45) is 23.5. The molecular weight excluding hydrogens is 623 g/mol. The second kappa shape index (κ2) is 34.1. The number of hydrogen-bond acceptors (Lipinski definition) is 8. The molecule has 284 valence electrons. The molecule has 3 atom stereocenters. The average Bonchev–Trinajstić information content (AvgIpc) is 3.07. The zero-order valence-corrected chi connectivity index (χ0v) is 32.8. The third-order valence-electron chi connectivity index (χ3n) is 9.03. The van der Waals surface area contributed by atoms with Gasteiger partial charge in [-0.2, -0.15) is 11.8 Å². The number of hydrogen-bond donors (Lipinski definition) is 2. The lowest BCUT2D eigenvalue weighted by molar-refractivity contribution is -0.157. The first-order valence-corrected chi connectivity index (χ1v) is 21.1. The minimum atomic E-state index is -0.659. The molecule has 0 saturated carbocycles. The van der Waals surface area contributed by atoms with E-state index in [1.54, 1.807) is 0 Å². The number of nitrogens with two attached hydrogens (primary N) is 1. The molecule has 3 N–H and O–H groups in total. The largest absolute Gasteiger partial charge is 0.462 e. The van der Waals surface area contributed by atoms with E-state index in [-0.39, 0.29) is 30.5 Å². The maximum atomic E-state index is 12.7. The number of unbranched alkanes of at least 4 members (excludes halogenated alkanes) is 16. The van der Waals surface area contributed by atoms with Crippen LogP contribution in [0.3, 0.4) is 0 Å². The number of thioether (sulfide) groups is 1. The molecule has 0 fully saturated rings. The van der Waals surface area contributed by atoms with Gasteiger partial charge in [0, 0.05) is 30.4 Å². The van der Waals surface area contributed by atoms with Crippen molar-refractivity contribution >= 4 is 29.6 Å². The predicted molar refractivity (Wildman–Crippen MR) is 204 cm³/mol. The van der Waals surface area contributed by atoms with Gasteiger partial charge < -0.3 is 25.4 Å². The van der Waals surface area contributed by atoms with Gasteiger partial charge in [0.25, 0.3) is 0 Å². The molecule has 48 heavy (non-hydrogen) atoms. The summed E-state index contributed by atoms with van der Waals surface area (Å²) in [5, 5.41) is 3.04. The Morgan fingerprint density at radius 2 is 1.15 bits per heavy atom. The molecule has 0 saturated heterocycles. The van der Waals surface area contributed by atoms with Crippen LogP contribution in [0.5, 0.6) is 0 Å². The van der Waals surface area contributed by atoms with Gasteiger partial charge in [0.05, 0.1) is 6.04 Å². The van der Waals surface area contributed by atoms with Crippen LogP contribution < -0.4 is 11.1 Å². The molecular formula is C39H77N3O5S.